The number of aryl methyl sites for hydroxylation is 1. The van der Waals surface area contributed by atoms with E-state index in [1.54, 1.807) is 24.5 Å². The molecule has 1 aromatic carbocycles. The lowest BCUT2D eigenvalue weighted by molar-refractivity contribution is 0.0323. The number of para-hydroxylation sites is 1. The van der Waals surface area contributed by atoms with Crippen LogP contribution < -0.4 is 4.74 Å². The fourth-order valence-electron chi connectivity index (χ4n) is 5.50. The van der Waals surface area contributed by atoms with E-state index in [4.69, 9.17) is 16.3 Å². The zero-order valence-corrected chi connectivity index (χ0v) is 22.1. The number of hydrogen-bond acceptors (Lipinski definition) is 6. The Hall–Kier alpha value is -3.52. The number of fused-ring (bicyclic) bond motifs is 1. The van der Waals surface area contributed by atoms with Crippen molar-refractivity contribution in [3.05, 3.63) is 83.2 Å². The van der Waals surface area contributed by atoms with Crippen LogP contribution >= 0.6 is 11.6 Å². The van der Waals surface area contributed by atoms with Crippen molar-refractivity contribution in [2.75, 3.05) is 32.8 Å². The minimum atomic E-state index is -0.143. The number of amides is 2. The highest BCUT2D eigenvalue weighted by Crippen LogP contribution is 2.39. The molecule has 0 unspecified atom stereocenters. The fraction of sp³-hybridized carbons (Fsp3) is 0.414. The lowest BCUT2D eigenvalue weighted by Crippen LogP contribution is -2.50. The number of benzene rings is 1. The van der Waals surface area contributed by atoms with Crippen molar-refractivity contribution < 1.29 is 14.3 Å². The van der Waals surface area contributed by atoms with Gasteiger partial charge in [-0.3, -0.25) is 14.6 Å². The summed E-state index contributed by atoms with van der Waals surface area (Å²) in [4.78, 5) is 43.0. The summed E-state index contributed by atoms with van der Waals surface area (Å²) < 4.78 is 6.16. The molecule has 5 rings (SSSR count). The molecule has 3 aromatic rings. The summed E-state index contributed by atoms with van der Waals surface area (Å²) in [7, 11) is 0. The molecule has 0 radical (unpaired) electrons. The van der Waals surface area contributed by atoms with E-state index in [2.05, 4.69) is 21.0 Å². The summed E-state index contributed by atoms with van der Waals surface area (Å²) in [5.41, 5.74) is 1.83. The number of pyridine rings is 1. The molecule has 0 saturated carbocycles. The van der Waals surface area contributed by atoms with E-state index in [1.165, 1.54) is 18.0 Å². The molecule has 0 N–H and O–H groups in total. The molecular formula is C29H32ClN5O3. The maximum absolute atomic E-state index is 13.6. The van der Waals surface area contributed by atoms with E-state index in [-0.39, 0.29) is 17.2 Å². The SMILES string of the molecule is O=C(c1ccc(Cl)cn1)N1CCC2(CCCCc3ccccc3OCCN(C(=O)c3cnccn3)C2)CC1. The van der Waals surface area contributed by atoms with Crippen molar-refractivity contribution in [1.82, 2.24) is 24.8 Å². The van der Waals surface area contributed by atoms with Crippen molar-refractivity contribution in [3.63, 3.8) is 0 Å². The Morgan fingerprint density at radius 1 is 0.842 bits per heavy atom. The average Bonchev–Trinajstić information content (AvgIpc) is 2.95. The van der Waals surface area contributed by atoms with Crippen LogP contribution in [0.3, 0.4) is 0 Å². The number of nitrogens with zero attached hydrogens (tertiary/aromatic N) is 5. The lowest BCUT2D eigenvalue weighted by Gasteiger charge is -2.44. The first-order chi connectivity index (χ1) is 18.5. The van der Waals surface area contributed by atoms with Gasteiger partial charge in [0.2, 0.25) is 0 Å². The zero-order valence-electron chi connectivity index (χ0n) is 21.4. The van der Waals surface area contributed by atoms with Gasteiger partial charge in [0, 0.05) is 38.2 Å². The maximum Gasteiger partial charge on any atom is 0.274 e. The van der Waals surface area contributed by atoms with Crippen LogP contribution in [0.4, 0.5) is 0 Å². The molecule has 38 heavy (non-hydrogen) atoms. The summed E-state index contributed by atoms with van der Waals surface area (Å²) in [5, 5.41) is 0.506. The second-order valence-corrected chi connectivity index (χ2v) is 10.6. The zero-order chi connectivity index (χ0) is 26.4. The Bertz CT molecular complexity index is 1250. The molecular weight excluding hydrogens is 502 g/mol. The third-order valence-corrected chi connectivity index (χ3v) is 7.87. The van der Waals surface area contributed by atoms with E-state index >= 15 is 0 Å². The number of carbonyl (C=O) groups is 2. The van der Waals surface area contributed by atoms with Gasteiger partial charge in [-0.25, -0.2) is 9.97 Å². The third-order valence-electron chi connectivity index (χ3n) is 7.65. The number of likely N-dealkylation sites (tertiary alicyclic amines) is 1. The highest BCUT2D eigenvalue weighted by Gasteiger charge is 2.39. The summed E-state index contributed by atoms with van der Waals surface area (Å²) in [6.45, 7) is 2.68. The predicted octanol–water partition coefficient (Wildman–Crippen LogP) is 4.70. The maximum atomic E-state index is 13.6. The van der Waals surface area contributed by atoms with Crippen molar-refractivity contribution in [3.8, 4) is 5.75 Å². The van der Waals surface area contributed by atoms with Gasteiger partial charge < -0.3 is 14.5 Å². The number of carbonyl (C=O) groups excluding carboxylic acids is 2. The number of halogens is 1. The average molecular weight is 534 g/mol. The van der Waals surface area contributed by atoms with Crippen LogP contribution in [0.2, 0.25) is 5.02 Å². The van der Waals surface area contributed by atoms with Gasteiger partial charge >= 0.3 is 0 Å². The van der Waals surface area contributed by atoms with Crippen LogP contribution in [0.1, 0.15) is 58.6 Å². The van der Waals surface area contributed by atoms with Crippen molar-refractivity contribution in [2.24, 2.45) is 5.41 Å². The molecule has 4 heterocycles. The minimum Gasteiger partial charge on any atom is -0.491 e. The molecule has 0 bridgehead atoms. The van der Waals surface area contributed by atoms with Crippen LogP contribution in [0.5, 0.6) is 5.75 Å². The van der Waals surface area contributed by atoms with E-state index < -0.39 is 0 Å². The molecule has 8 nitrogen and oxygen atoms in total. The highest BCUT2D eigenvalue weighted by molar-refractivity contribution is 6.30. The Kier molecular flexibility index (Phi) is 8.17. The molecule has 0 atom stereocenters. The topological polar surface area (TPSA) is 88.5 Å². The smallest absolute Gasteiger partial charge is 0.274 e. The largest absolute Gasteiger partial charge is 0.491 e. The minimum absolute atomic E-state index is 0.0813. The molecule has 0 aliphatic carbocycles. The van der Waals surface area contributed by atoms with Gasteiger partial charge in [0.1, 0.15) is 23.7 Å². The van der Waals surface area contributed by atoms with Gasteiger partial charge in [0.15, 0.2) is 0 Å². The normalized spacial score (nSPS) is 18.0. The van der Waals surface area contributed by atoms with Gasteiger partial charge in [-0.2, -0.15) is 0 Å². The third kappa shape index (κ3) is 6.13. The molecule has 2 aliphatic heterocycles. The van der Waals surface area contributed by atoms with Crippen LogP contribution in [0, 0.1) is 5.41 Å². The Balaban J connectivity index is 1.35. The Labute approximate surface area is 228 Å². The second-order valence-electron chi connectivity index (χ2n) is 10.1. The molecule has 1 saturated heterocycles. The number of ether oxygens (including phenoxy) is 1. The van der Waals surface area contributed by atoms with Crippen molar-refractivity contribution >= 4 is 23.4 Å². The number of rotatable bonds is 2. The molecule has 198 valence electrons. The van der Waals surface area contributed by atoms with Gasteiger partial charge in [-0.15, -0.1) is 0 Å². The molecule has 2 aliphatic rings. The van der Waals surface area contributed by atoms with Crippen LogP contribution in [-0.2, 0) is 6.42 Å². The predicted molar refractivity (Wildman–Crippen MR) is 144 cm³/mol. The standard InChI is InChI=1S/C29H32ClN5O3/c30-23-8-9-24(33-19-23)27(36)34-15-11-29(12-16-34)10-4-3-6-22-5-1-2-7-26(22)38-18-17-35(21-29)28(37)25-20-31-13-14-32-25/h1-2,5,7-9,13-14,19-20H,3-4,6,10-12,15-18,21H2. The van der Waals surface area contributed by atoms with Crippen molar-refractivity contribution in [2.45, 2.75) is 38.5 Å². The molecule has 9 heteroatoms. The van der Waals surface area contributed by atoms with Crippen LogP contribution in [0.15, 0.2) is 61.2 Å². The highest BCUT2D eigenvalue weighted by atomic mass is 35.5. The van der Waals surface area contributed by atoms with E-state index in [9.17, 15) is 9.59 Å². The summed E-state index contributed by atoms with van der Waals surface area (Å²) in [5.74, 6) is 0.662. The molecule has 2 amide bonds. The van der Waals surface area contributed by atoms with Gasteiger partial charge in [-0.1, -0.05) is 36.2 Å². The van der Waals surface area contributed by atoms with Gasteiger partial charge in [0.05, 0.1) is 17.8 Å². The van der Waals surface area contributed by atoms with E-state index in [0.717, 1.165) is 44.3 Å². The summed E-state index contributed by atoms with van der Waals surface area (Å²) in [6.07, 6.45) is 11.8. The fourth-order valence-corrected chi connectivity index (χ4v) is 5.61. The molecule has 1 spiro atoms. The number of hydrogen-bond donors (Lipinski definition) is 0. The van der Waals surface area contributed by atoms with Gasteiger partial charge in [-0.05, 0) is 61.3 Å². The van der Waals surface area contributed by atoms with Gasteiger partial charge in [0.25, 0.3) is 11.8 Å². The van der Waals surface area contributed by atoms with E-state index in [0.29, 0.717) is 49.2 Å². The Morgan fingerprint density at radius 3 is 2.42 bits per heavy atom. The van der Waals surface area contributed by atoms with E-state index in [1.807, 2.05) is 28.0 Å². The first kappa shape index (κ1) is 26.1. The number of piperidine rings is 1. The molecule has 2 aromatic heterocycles. The summed E-state index contributed by atoms with van der Waals surface area (Å²) >= 11 is 5.95. The van der Waals surface area contributed by atoms with Crippen LogP contribution in [-0.4, -0.2) is 69.4 Å². The van der Waals surface area contributed by atoms with Crippen LogP contribution in [0.25, 0.3) is 0 Å². The lowest BCUT2D eigenvalue weighted by atomic mass is 9.73. The Morgan fingerprint density at radius 2 is 1.66 bits per heavy atom. The first-order valence-corrected chi connectivity index (χ1v) is 13.6. The molecule has 1 fully saturated rings. The first-order valence-electron chi connectivity index (χ1n) is 13.2. The van der Waals surface area contributed by atoms with Crippen molar-refractivity contribution in [1.29, 1.82) is 0 Å². The quantitative estimate of drug-likeness (QED) is 0.474. The second kappa shape index (κ2) is 11.9. The number of aromatic nitrogens is 3. The monoisotopic (exact) mass is 533 g/mol. The summed E-state index contributed by atoms with van der Waals surface area (Å²) in [6, 6.07) is 11.5.